The first-order valence-corrected chi connectivity index (χ1v) is 10.3. The van der Waals surface area contributed by atoms with Crippen molar-refractivity contribution >= 4 is 17.6 Å². The van der Waals surface area contributed by atoms with Crippen LogP contribution in [0, 0.1) is 11.3 Å². The number of para-hydroxylation sites is 1. The van der Waals surface area contributed by atoms with Crippen LogP contribution in [0.2, 0.25) is 0 Å². The van der Waals surface area contributed by atoms with Crippen LogP contribution in [-0.2, 0) is 6.18 Å². The molecule has 0 saturated carbocycles. The fourth-order valence-electron chi connectivity index (χ4n) is 3.50. The number of nitrogens with one attached hydrogen (secondary N) is 3. The maximum absolute atomic E-state index is 12.7. The molecule has 1 atom stereocenters. The topological polar surface area (TPSA) is 101 Å². The molecule has 1 saturated heterocycles. The molecule has 2 heterocycles. The third-order valence-electron chi connectivity index (χ3n) is 5.00. The van der Waals surface area contributed by atoms with Crippen LogP contribution in [-0.4, -0.2) is 55.2 Å². The average molecular weight is 446 g/mol. The Labute approximate surface area is 184 Å². The van der Waals surface area contributed by atoms with Gasteiger partial charge in [-0.1, -0.05) is 12.1 Å². The molecule has 0 amide bonds. The second-order valence-electron chi connectivity index (χ2n) is 7.25. The Bertz CT molecular complexity index is 970. The van der Waals surface area contributed by atoms with Crippen molar-refractivity contribution in [3.05, 3.63) is 47.8 Å². The molecule has 1 unspecified atom stereocenters. The molecule has 3 N–H and O–H groups in total. The highest BCUT2D eigenvalue weighted by molar-refractivity contribution is 5.80. The van der Waals surface area contributed by atoms with Crippen molar-refractivity contribution in [1.29, 1.82) is 5.26 Å². The molecule has 1 aromatic heterocycles. The van der Waals surface area contributed by atoms with Gasteiger partial charge in [0.15, 0.2) is 5.96 Å². The Morgan fingerprint density at radius 3 is 2.84 bits per heavy atom. The zero-order valence-corrected chi connectivity index (χ0v) is 17.7. The molecular weight excluding hydrogens is 421 g/mol. The quantitative estimate of drug-likeness (QED) is 0.356. The number of halogens is 3. The van der Waals surface area contributed by atoms with E-state index in [1.807, 2.05) is 24.3 Å². The van der Waals surface area contributed by atoms with Gasteiger partial charge in [0.2, 0.25) is 5.95 Å². The summed E-state index contributed by atoms with van der Waals surface area (Å²) in [6, 6.07) is 10.8. The molecular formula is C21H25F3N8. The number of alkyl halides is 3. The molecule has 0 bridgehead atoms. The van der Waals surface area contributed by atoms with Crippen LogP contribution in [0.25, 0.3) is 0 Å². The Morgan fingerprint density at radius 1 is 1.28 bits per heavy atom. The Morgan fingerprint density at radius 2 is 2.09 bits per heavy atom. The fourth-order valence-corrected chi connectivity index (χ4v) is 3.50. The number of rotatable bonds is 6. The second kappa shape index (κ2) is 10.7. The van der Waals surface area contributed by atoms with Crippen LogP contribution in [0.5, 0.6) is 0 Å². The van der Waals surface area contributed by atoms with E-state index in [0.29, 0.717) is 24.6 Å². The number of hydrogen-bond acceptors (Lipinski definition) is 6. The molecule has 1 aromatic carbocycles. The fraction of sp³-hybridized carbons (Fsp3) is 0.429. The van der Waals surface area contributed by atoms with Gasteiger partial charge in [0, 0.05) is 45.5 Å². The van der Waals surface area contributed by atoms with E-state index in [-0.39, 0.29) is 12.0 Å². The summed E-state index contributed by atoms with van der Waals surface area (Å²) in [5.41, 5.74) is 0.591. The summed E-state index contributed by atoms with van der Waals surface area (Å²) in [5.74, 6) is 0.515. The van der Waals surface area contributed by atoms with Gasteiger partial charge in [0.25, 0.3) is 0 Å². The van der Waals surface area contributed by atoms with E-state index >= 15 is 0 Å². The summed E-state index contributed by atoms with van der Waals surface area (Å²) in [6.45, 7) is 2.33. The SMILES string of the molecule is CN=C(NCCNc1nccc(C(F)(F)F)n1)NC1CCCN(c2ccccc2C#N)C1. The van der Waals surface area contributed by atoms with Crippen molar-refractivity contribution in [3.8, 4) is 6.07 Å². The molecule has 2 aromatic rings. The lowest BCUT2D eigenvalue weighted by molar-refractivity contribution is -0.141. The third-order valence-corrected chi connectivity index (χ3v) is 5.00. The van der Waals surface area contributed by atoms with E-state index in [2.05, 4.69) is 41.9 Å². The van der Waals surface area contributed by atoms with Gasteiger partial charge in [-0.25, -0.2) is 9.97 Å². The van der Waals surface area contributed by atoms with Crippen LogP contribution in [0.3, 0.4) is 0 Å². The van der Waals surface area contributed by atoms with E-state index in [1.165, 1.54) is 0 Å². The normalized spacial score (nSPS) is 16.9. The van der Waals surface area contributed by atoms with Crippen molar-refractivity contribution in [1.82, 2.24) is 20.6 Å². The smallest absolute Gasteiger partial charge is 0.368 e. The van der Waals surface area contributed by atoms with Gasteiger partial charge in [0.1, 0.15) is 11.8 Å². The number of nitrogens with zero attached hydrogens (tertiary/aromatic N) is 5. The minimum absolute atomic E-state index is 0.0800. The molecule has 1 fully saturated rings. The monoisotopic (exact) mass is 446 g/mol. The summed E-state index contributed by atoms with van der Waals surface area (Å²) in [5, 5.41) is 18.7. The van der Waals surface area contributed by atoms with Crippen molar-refractivity contribution in [2.75, 3.05) is 43.4 Å². The minimum Gasteiger partial charge on any atom is -0.368 e. The van der Waals surface area contributed by atoms with Gasteiger partial charge in [-0.3, -0.25) is 4.99 Å². The average Bonchev–Trinajstić information content (AvgIpc) is 2.80. The van der Waals surface area contributed by atoms with Crippen LogP contribution < -0.4 is 20.9 Å². The van der Waals surface area contributed by atoms with E-state index in [4.69, 9.17) is 0 Å². The van der Waals surface area contributed by atoms with Crippen molar-refractivity contribution in [3.63, 3.8) is 0 Å². The van der Waals surface area contributed by atoms with Crippen molar-refractivity contribution in [2.24, 2.45) is 4.99 Å². The maximum atomic E-state index is 12.7. The number of aliphatic imine (C=N–C) groups is 1. The predicted octanol–water partition coefficient (Wildman–Crippen LogP) is 2.61. The number of hydrogen-bond donors (Lipinski definition) is 3. The predicted molar refractivity (Wildman–Crippen MR) is 116 cm³/mol. The maximum Gasteiger partial charge on any atom is 0.433 e. The number of anilines is 2. The molecule has 1 aliphatic rings. The summed E-state index contributed by atoms with van der Waals surface area (Å²) in [7, 11) is 1.66. The van der Waals surface area contributed by atoms with Gasteiger partial charge in [-0.15, -0.1) is 0 Å². The highest BCUT2D eigenvalue weighted by Gasteiger charge is 2.32. The van der Waals surface area contributed by atoms with Crippen molar-refractivity contribution < 1.29 is 13.2 Å². The standard InChI is InChI=1S/C21H25F3N8/c1-26-19(28-10-11-29-20-27-9-8-18(31-20)21(22,23)24)30-16-6-4-12-32(14-16)17-7-3-2-5-15(17)13-25/h2-3,5,7-9,16H,4,6,10-12,14H2,1H3,(H2,26,28,30)(H,27,29,31). The van der Waals surface area contributed by atoms with E-state index in [0.717, 1.165) is 43.9 Å². The summed E-state index contributed by atoms with van der Waals surface area (Å²) >= 11 is 0. The van der Waals surface area contributed by atoms with Gasteiger partial charge in [0.05, 0.1) is 11.3 Å². The molecule has 11 heteroatoms. The van der Waals surface area contributed by atoms with Gasteiger partial charge in [-0.05, 0) is 31.0 Å². The highest BCUT2D eigenvalue weighted by atomic mass is 19.4. The van der Waals surface area contributed by atoms with Crippen LogP contribution in [0.4, 0.5) is 24.8 Å². The first-order chi connectivity index (χ1) is 15.4. The summed E-state index contributed by atoms with van der Waals surface area (Å²) in [4.78, 5) is 13.7. The molecule has 3 rings (SSSR count). The number of nitriles is 1. The molecule has 0 spiro atoms. The van der Waals surface area contributed by atoms with E-state index < -0.39 is 11.9 Å². The molecule has 8 nitrogen and oxygen atoms in total. The highest BCUT2D eigenvalue weighted by Crippen LogP contribution is 2.27. The molecule has 1 aliphatic heterocycles. The zero-order valence-electron chi connectivity index (χ0n) is 17.7. The van der Waals surface area contributed by atoms with Crippen LogP contribution in [0.15, 0.2) is 41.5 Å². The van der Waals surface area contributed by atoms with Crippen molar-refractivity contribution in [2.45, 2.75) is 25.1 Å². The van der Waals surface area contributed by atoms with Crippen LogP contribution >= 0.6 is 0 Å². The second-order valence-corrected chi connectivity index (χ2v) is 7.25. The zero-order chi connectivity index (χ0) is 23.0. The Kier molecular flexibility index (Phi) is 7.70. The first-order valence-electron chi connectivity index (χ1n) is 10.3. The molecule has 32 heavy (non-hydrogen) atoms. The minimum atomic E-state index is -4.51. The lowest BCUT2D eigenvalue weighted by Gasteiger charge is -2.35. The van der Waals surface area contributed by atoms with E-state index in [1.54, 1.807) is 7.05 Å². The van der Waals surface area contributed by atoms with Gasteiger partial charge in [-0.2, -0.15) is 18.4 Å². The van der Waals surface area contributed by atoms with Crippen LogP contribution in [0.1, 0.15) is 24.1 Å². The molecule has 0 aliphatic carbocycles. The molecule has 0 radical (unpaired) electrons. The van der Waals surface area contributed by atoms with Gasteiger partial charge < -0.3 is 20.9 Å². The Hall–Kier alpha value is -3.55. The largest absolute Gasteiger partial charge is 0.433 e. The summed E-state index contributed by atoms with van der Waals surface area (Å²) < 4.78 is 38.2. The third kappa shape index (κ3) is 6.23. The number of benzene rings is 1. The molecule has 170 valence electrons. The first kappa shape index (κ1) is 23.1. The number of aromatic nitrogens is 2. The number of piperidine rings is 1. The summed E-state index contributed by atoms with van der Waals surface area (Å²) in [6.07, 6.45) is -1.50. The number of guanidine groups is 1. The lowest BCUT2D eigenvalue weighted by atomic mass is 10.0. The Balaban J connectivity index is 1.48. The van der Waals surface area contributed by atoms with Gasteiger partial charge >= 0.3 is 6.18 Å². The van der Waals surface area contributed by atoms with E-state index in [9.17, 15) is 18.4 Å². The lowest BCUT2D eigenvalue weighted by Crippen LogP contribution is -2.51.